The number of sulfone groups is 1. The molecule has 1 fully saturated rings. The molecule has 1 saturated heterocycles. The van der Waals surface area contributed by atoms with Crippen molar-refractivity contribution in [3.8, 4) is 0 Å². The number of nitrogens with zero attached hydrogens (tertiary/aromatic N) is 1. The first-order valence-electron chi connectivity index (χ1n) is 7.84. The second-order valence-corrected chi connectivity index (χ2v) is 8.68. The Bertz CT molecular complexity index is 961. The van der Waals surface area contributed by atoms with Crippen molar-refractivity contribution in [1.82, 2.24) is 4.90 Å². The Labute approximate surface area is 140 Å². The van der Waals surface area contributed by atoms with Crippen LogP contribution in [0, 0.1) is 6.92 Å². The fourth-order valence-electron chi connectivity index (χ4n) is 2.98. The number of amides is 1. The molecule has 1 aromatic carbocycles. The number of fused-ring (bicyclic) bond motifs is 1. The standard InChI is InChI=1S/C17H19NO5S/c1-11-7-8-18(9-10-24(11,21)22)16(19)15-12(2)13-5-3-4-6-14(13)23-17(15)20/h3-6,11H,7-10H2,1-2H3. The molecular formula is C17H19NO5S. The molecule has 0 N–H and O–H groups in total. The van der Waals surface area contributed by atoms with Gasteiger partial charge in [0.1, 0.15) is 11.1 Å². The van der Waals surface area contributed by atoms with Crippen molar-refractivity contribution in [3.05, 3.63) is 45.8 Å². The SMILES string of the molecule is Cc1c(C(=O)N2CCC(C)S(=O)(=O)CC2)c(=O)oc2ccccc12. The molecule has 1 unspecified atom stereocenters. The third-order valence-electron chi connectivity index (χ3n) is 4.64. The first-order valence-corrected chi connectivity index (χ1v) is 9.56. The number of rotatable bonds is 1. The average molecular weight is 349 g/mol. The Hall–Kier alpha value is -2.15. The van der Waals surface area contributed by atoms with Crippen LogP contribution < -0.4 is 5.63 Å². The van der Waals surface area contributed by atoms with Crippen LogP contribution in [0.25, 0.3) is 11.0 Å². The fraction of sp³-hybridized carbons (Fsp3) is 0.412. The first-order chi connectivity index (χ1) is 11.3. The highest BCUT2D eigenvalue weighted by Crippen LogP contribution is 2.21. The summed E-state index contributed by atoms with van der Waals surface area (Å²) >= 11 is 0. The predicted molar refractivity (Wildman–Crippen MR) is 91.0 cm³/mol. The summed E-state index contributed by atoms with van der Waals surface area (Å²) in [4.78, 5) is 26.5. The zero-order chi connectivity index (χ0) is 17.5. The molecule has 0 radical (unpaired) electrons. The highest BCUT2D eigenvalue weighted by Gasteiger charge is 2.30. The minimum absolute atomic E-state index is 0.0133. The van der Waals surface area contributed by atoms with Crippen LogP contribution in [0.5, 0.6) is 0 Å². The zero-order valence-corrected chi connectivity index (χ0v) is 14.4. The van der Waals surface area contributed by atoms with E-state index in [9.17, 15) is 18.0 Å². The third-order valence-corrected chi connectivity index (χ3v) is 6.85. The van der Waals surface area contributed by atoms with Gasteiger partial charge in [0.25, 0.3) is 5.91 Å². The lowest BCUT2D eigenvalue weighted by Crippen LogP contribution is -2.36. The maximum Gasteiger partial charge on any atom is 0.349 e. The summed E-state index contributed by atoms with van der Waals surface area (Å²) in [6.45, 7) is 3.77. The third kappa shape index (κ3) is 2.84. The fourth-order valence-corrected chi connectivity index (χ4v) is 4.32. The summed E-state index contributed by atoms with van der Waals surface area (Å²) in [5, 5.41) is 0.223. The molecule has 24 heavy (non-hydrogen) atoms. The summed E-state index contributed by atoms with van der Waals surface area (Å²) in [6, 6.07) is 7.04. The van der Waals surface area contributed by atoms with Crippen molar-refractivity contribution in [1.29, 1.82) is 0 Å². The zero-order valence-electron chi connectivity index (χ0n) is 13.6. The molecule has 0 saturated carbocycles. The lowest BCUT2D eigenvalue weighted by Gasteiger charge is -2.20. The molecule has 7 heteroatoms. The normalized spacial score (nSPS) is 20.8. The minimum atomic E-state index is -3.20. The summed E-state index contributed by atoms with van der Waals surface area (Å²) in [5.74, 6) is -0.547. The number of hydrogen-bond donors (Lipinski definition) is 0. The van der Waals surface area contributed by atoms with Crippen LogP contribution in [0.2, 0.25) is 0 Å². The highest BCUT2D eigenvalue weighted by molar-refractivity contribution is 7.92. The van der Waals surface area contributed by atoms with Crippen molar-refractivity contribution in [2.75, 3.05) is 18.8 Å². The van der Waals surface area contributed by atoms with Gasteiger partial charge in [0.05, 0.1) is 11.0 Å². The van der Waals surface area contributed by atoms with Crippen LogP contribution in [0.4, 0.5) is 0 Å². The number of aryl methyl sites for hydroxylation is 1. The quantitative estimate of drug-likeness (QED) is 0.732. The van der Waals surface area contributed by atoms with Crippen LogP contribution in [-0.4, -0.2) is 43.3 Å². The van der Waals surface area contributed by atoms with E-state index >= 15 is 0 Å². The molecule has 3 rings (SSSR count). The lowest BCUT2D eigenvalue weighted by atomic mass is 10.0. The number of carbonyl (C=O) groups excluding carboxylic acids is 1. The molecular weight excluding hydrogens is 330 g/mol. The maximum atomic E-state index is 12.8. The largest absolute Gasteiger partial charge is 0.422 e. The molecule has 6 nitrogen and oxygen atoms in total. The van der Waals surface area contributed by atoms with Crippen LogP contribution >= 0.6 is 0 Å². The van der Waals surface area contributed by atoms with Crippen LogP contribution in [0.1, 0.15) is 29.3 Å². The van der Waals surface area contributed by atoms with Crippen molar-refractivity contribution in [2.24, 2.45) is 0 Å². The van der Waals surface area contributed by atoms with Gasteiger partial charge < -0.3 is 9.32 Å². The second-order valence-electron chi connectivity index (χ2n) is 6.14. The Morgan fingerprint density at radius 3 is 2.71 bits per heavy atom. The molecule has 0 aliphatic carbocycles. The van der Waals surface area contributed by atoms with E-state index in [1.165, 1.54) is 4.90 Å². The number of hydrogen-bond acceptors (Lipinski definition) is 5. The van der Waals surface area contributed by atoms with Gasteiger partial charge in [-0.25, -0.2) is 13.2 Å². The van der Waals surface area contributed by atoms with Gasteiger partial charge in [-0.05, 0) is 31.9 Å². The van der Waals surface area contributed by atoms with Crippen LogP contribution in [0.15, 0.2) is 33.5 Å². The Morgan fingerprint density at radius 1 is 1.25 bits per heavy atom. The molecule has 0 bridgehead atoms. The van der Waals surface area contributed by atoms with E-state index in [0.29, 0.717) is 29.5 Å². The Morgan fingerprint density at radius 2 is 1.96 bits per heavy atom. The number of carbonyl (C=O) groups is 1. The summed E-state index contributed by atoms with van der Waals surface area (Å²) in [5.41, 5.74) is 0.299. The average Bonchev–Trinajstić information content (AvgIpc) is 2.66. The highest BCUT2D eigenvalue weighted by atomic mass is 32.2. The molecule has 2 aromatic rings. The molecule has 128 valence electrons. The predicted octanol–water partition coefficient (Wildman–Crippen LogP) is 1.75. The molecule has 1 aliphatic rings. The van der Waals surface area contributed by atoms with E-state index in [1.807, 2.05) is 6.07 Å². The Balaban J connectivity index is 2.02. The van der Waals surface area contributed by atoms with E-state index in [4.69, 9.17) is 4.42 Å². The molecule has 2 heterocycles. The van der Waals surface area contributed by atoms with Crippen molar-refractivity contribution >= 4 is 26.7 Å². The van der Waals surface area contributed by atoms with Crippen molar-refractivity contribution in [2.45, 2.75) is 25.5 Å². The number of benzene rings is 1. The summed E-state index contributed by atoms with van der Waals surface area (Å²) < 4.78 is 29.3. The van der Waals surface area contributed by atoms with Gasteiger partial charge in [-0.2, -0.15) is 0 Å². The van der Waals surface area contributed by atoms with Gasteiger partial charge >= 0.3 is 5.63 Å². The molecule has 1 aliphatic heterocycles. The monoisotopic (exact) mass is 349 g/mol. The van der Waals surface area contributed by atoms with E-state index in [0.717, 1.165) is 0 Å². The van der Waals surface area contributed by atoms with Gasteiger partial charge in [0, 0.05) is 18.5 Å². The molecule has 0 spiro atoms. The Kier molecular flexibility index (Phi) is 4.21. The van der Waals surface area contributed by atoms with Crippen LogP contribution in [-0.2, 0) is 9.84 Å². The summed E-state index contributed by atoms with van der Waals surface area (Å²) in [7, 11) is -3.20. The van der Waals surface area contributed by atoms with E-state index in [-0.39, 0.29) is 17.9 Å². The minimum Gasteiger partial charge on any atom is -0.422 e. The van der Waals surface area contributed by atoms with Gasteiger partial charge in [0.15, 0.2) is 9.84 Å². The van der Waals surface area contributed by atoms with Crippen molar-refractivity contribution in [3.63, 3.8) is 0 Å². The molecule has 1 atom stereocenters. The molecule has 1 aromatic heterocycles. The van der Waals surface area contributed by atoms with Gasteiger partial charge in [-0.15, -0.1) is 0 Å². The van der Waals surface area contributed by atoms with Gasteiger partial charge in [-0.1, -0.05) is 18.2 Å². The van der Waals surface area contributed by atoms with E-state index < -0.39 is 26.6 Å². The maximum absolute atomic E-state index is 12.8. The molecule has 1 amide bonds. The van der Waals surface area contributed by atoms with Gasteiger partial charge in [-0.3, -0.25) is 4.79 Å². The van der Waals surface area contributed by atoms with Crippen LogP contribution in [0.3, 0.4) is 0 Å². The first kappa shape index (κ1) is 16.7. The topological polar surface area (TPSA) is 84.7 Å². The summed E-state index contributed by atoms with van der Waals surface area (Å²) in [6.07, 6.45) is 0.367. The van der Waals surface area contributed by atoms with Crippen molar-refractivity contribution < 1.29 is 17.6 Å². The lowest BCUT2D eigenvalue weighted by molar-refractivity contribution is 0.0762. The smallest absolute Gasteiger partial charge is 0.349 e. The second kappa shape index (κ2) is 6.05. The number of para-hydroxylation sites is 1. The van der Waals surface area contributed by atoms with Gasteiger partial charge in [0.2, 0.25) is 0 Å². The van der Waals surface area contributed by atoms with E-state index in [2.05, 4.69) is 0 Å². The van der Waals surface area contributed by atoms with E-state index in [1.54, 1.807) is 32.0 Å².